The number of hydrogen-bond acceptors (Lipinski definition) is 3. The van der Waals surface area contributed by atoms with Crippen LogP contribution in [0.5, 0.6) is 0 Å². The number of guanidine groups is 1. The fourth-order valence-electron chi connectivity index (χ4n) is 3.80. The highest BCUT2D eigenvalue weighted by Gasteiger charge is 2.21. The number of amides is 1. The predicted octanol–water partition coefficient (Wildman–Crippen LogP) is 3.77. The van der Waals surface area contributed by atoms with E-state index in [1.165, 1.54) is 36.1 Å². The molecule has 1 aliphatic carbocycles. The van der Waals surface area contributed by atoms with Gasteiger partial charge in [0.2, 0.25) is 5.91 Å². The van der Waals surface area contributed by atoms with Gasteiger partial charge in [0, 0.05) is 37.0 Å². The Morgan fingerprint density at radius 2 is 2.11 bits per heavy atom. The van der Waals surface area contributed by atoms with Crippen molar-refractivity contribution >= 4 is 47.2 Å². The van der Waals surface area contributed by atoms with E-state index in [1.54, 1.807) is 11.3 Å². The SMILES string of the molecule is CCNC(=NCCC(=O)N1CCc2sccc2C1)NC1CCC(C)CC1.I. The fraction of sp³-hybridized carbons (Fsp3) is 0.700. The van der Waals surface area contributed by atoms with Gasteiger partial charge in [0.15, 0.2) is 5.96 Å². The summed E-state index contributed by atoms with van der Waals surface area (Å²) in [5.74, 6) is 1.92. The molecule has 0 atom stereocenters. The summed E-state index contributed by atoms with van der Waals surface area (Å²) < 4.78 is 0. The molecule has 152 valence electrons. The van der Waals surface area contributed by atoms with E-state index in [0.717, 1.165) is 37.9 Å². The Hall–Kier alpha value is -0.830. The third kappa shape index (κ3) is 6.62. The van der Waals surface area contributed by atoms with E-state index in [2.05, 4.69) is 40.9 Å². The normalized spacial score (nSPS) is 22.6. The lowest BCUT2D eigenvalue weighted by Crippen LogP contribution is -2.45. The van der Waals surface area contributed by atoms with Crippen molar-refractivity contribution in [1.82, 2.24) is 15.5 Å². The van der Waals surface area contributed by atoms with Gasteiger partial charge in [-0.3, -0.25) is 9.79 Å². The quantitative estimate of drug-likeness (QED) is 0.365. The number of carbonyl (C=O) groups excluding carboxylic acids is 1. The van der Waals surface area contributed by atoms with Crippen molar-refractivity contribution in [2.75, 3.05) is 19.6 Å². The number of rotatable bonds is 5. The lowest BCUT2D eigenvalue weighted by Gasteiger charge is -2.28. The van der Waals surface area contributed by atoms with Gasteiger partial charge in [-0.1, -0.05) is 6.92 Å². The molecular formula is C20H33IN4OS. The molecule has 5 nitrogen and oxygen atoms in total. The van der Waals surface area contributed by atoms with E-state index in [9.17, 15) is 4.79 Å². The molecule has 2 N–H and O–H groups in total. The molecule has 0 radical (unpaired) electrons. The second kappa shape index (κ2) is 11.2. The lowest BCUT2D eigenvalue weighted by molar-refractivity contribution is -0.131. The van der Waals surface area contributed by atoms with Crippen LogP contribution in [0, 0.1) is 5.92 Å². The van der Waals surface area contributed by atoms with Crippen molar-refractivity contribution in [1.29, 1.82) is 0 Å². The van der Waals surface area contributed by atoms with Crippen LogP contribution in [0.2, 0.25) is 0 Å². The number of fused-ring (bicyclic) bond motifs is 1. The highest BCUT2D eigenvalue weighted by Crippen LogP contribution is 2.24. The predicted molar refractivity (Wildman–Crippen MR) is 124 cm³/mol. The molecule has 1 saturated carbocycles. The second-order valence-electron chi connectivity index (χ2n) is 7.55. The van der Waals surface area contributed by atoms with Crippen LogP contribution in [-0.4, -0.2) is 42.4 Å². The summed E-state index contributed by atoms with van der Waals surface area (Å²) in [7, 11) is 0. The van der Waals surface area contributed by atoms with Crippen molar-refractivity contribution in [3.8, 4) is 0 Å². The molecule has 1 fully saturated rings. The smallest absolute Gasteiger partial charge is 0.224 e. The summed E-state index contributed by atoms with van der Waals surface area (Å²) in [6, 6.07) is 2.66. The standard InChI is InChI=1S/C20H32N4OS.HI/c1-3-21-20(23-17-6-4-15(2)5-7-17)22-11-8-19(25)24-12-9-18-16(14-24)10-13-26-18;/h10,13,15,17H,3-9,11-12,14H2,1-2H3,(H2,21,22,23);1H. The van der Waals surface area contributed by atoms with Crippen LogP contribution in [0.1, 0.15) is 56.4 Å². The van der Waals surface area contributed by atoms with E-state index in [1.807, 2.05) is 4.90 Å². The Kier molecular flexibility index (Phi) is 9.35. The minimum absolute atomic E-state index is 0. The molecule has 1 aliphatic heterocycles. The number of hydrogen-bond donors (Lipinski definition) is 2. The summed E-state index contributed by atoms with van der Waals surface area (Å²) in [5, 5.41) is 9.00. The lowest BCUT2D eigenvalue weighted by atomic mass is 9.87. The maximum absolute atomic E-state index is 12.5. The Morgan fingerprint density at radius 3 is 2.85 bits per heavy atom. The summed E-state index contributed by atoms with van der Waals surface area (Å²) in [6.07, 6.45) is 6.47. The van der Waals surface area contributed by atoms with E-state index < -0.39 is 0 Å². The molecule has 1 amide bonds. The highest BCUT2D eigenvalue weighted by molar-refractivity contribution is 14.0. The van der Waals surface area contributed by atoms with Crippen LogP contribution in [0.3, 0.4) is 0 Å². The average molecular weight is 504 g/mol. The highest BCUT2D eigenvalue weighted by atomic mass is 127. The molecule has 2 aliphatic rings. The van der Waals surface area contributed by atoms with Gasteiger partial charge in [0.1, 0.15) is 0 Å². The van der Waals surface area contributed by atoms with Crippen molar-refractivity contribution in [2.24, 2.45) is 10.9 Å². The summed E-state index contributed by atoms with van der Waals surface area (Å²) in [5.41, 5.74) is 1.32. The van der Waals surface area contributed by atoms with Gasteiger partial charge in [-0.25, -0.2) is 0 Å². The van der Waals surface area contributed by atoms with Crippen LogP contribution in [0.4, 0.5) is 0 Å². The molecule has 0 saturated heterocycles. The van der Waals surface area contributed by atoms with Crippen LogP contribution in [-0.2, 0) is 17.8 Å². The molecule has 0 unspecified atom stereocenters. The number of nitrogens with zero attached hydrogens (tertiary/aromatic N) is 2. The van der Waals surface area contributed by atoms with Crippen LogP contribution >= 0.6 is 35.3 Å². The number of thiophene rings is 1. The maximum atomic E-state index is 12.5. The van der Waals surface area contributed by atoms with Crippen molar-refractivity contribution in [2.45, 2.75) is 65.0 Å². The molecule has 1 aromatic rings. The number of carbonyl (C=O) groups is 1. The monoisotopic (exact) mass is 504 g/mol. The van der Waals surface area contributed by atoms with Gasteiger partial charge in [-0.05, 0) is 62.0 Å². The van der Waals surface area contributed by atoms with Crippen molar-refractivity contribution in [3.63, 3.8) is 0 Å². The average Bonchev–Trinajstić information content (AvgIpc) is 3.11. The molecule has 27 heavy (non-hydrogen) atoms. The van der Waals surface area contributed by atoms with E-state index in [0.29, 0.717) is 19.0 Å². The first-order chi connectivity index (χ1) is 12.7. The summed E-state index contributed by atoms with van der Waals surface area (Å²) >= 11 is 1.81. The first kappa shape index (κ1) is 22.5. The number of halogens is 1. The molecule has 0 bridgehead atoms. The minimum Gasteiger partial charge on any atom is -0.357 e. The van der Waals surface area contributed by atoms with Crippen LogP contribution in [0.15, 0.2) is 16.4 Å². The molecule has 0 spiro atoms. The first-order valence-electron chi connectivity index (χ1n) is 10.0. The van der Waals surface area contributed by atoms with Gasteiger partial charge in [0.05, 0.1) is 6.54 Å². The first-order valence-corrected chi connectivity index (χ1v) is 10.9. The molecule has 7 heteroatoms. The van der Waals surface area contributed by atoms with E-state index in [-0.39, 0.29) is 29.9 Å². The zero-order chi connectivity index (χ0) is 18.4. The summed E-state index contributed by atoms with van der Waals surface area (Å²) in [6.45, 7) is 7.41. The van der Waals surface area contributed by atoms with Gasteiger partial charge in [0.25, 0.3) is 0 Å². The Bertz CT molecular complexity index is 625. The van der Waals surface area contributed by atoms with E-state index in [4.69, 9.17) is 0 Å². The fourth-order valence-corrected chi connectivity index (χ4v) is 4.69. The van der Waals surface area contributed by atoms with Gasteiger partial charge in [-0.15, -0.1) is 35.3 Å². The Labute approximate surface area is 184 Å². The molecule has 3 rings (SSSR count). The van der Waals surface area contributed by atoms with Gasteiger partial charge in [-0.2, -0.15) is 0 Å². The van der Waals surface area contributed by atoms with E-state index >= 15 is 0 Å². The molecule has 0 aromatic carbocycles. The number of nitrogens with one attached hydrogen (secondary N) is 2. The van der Waals surface area contributed by atoms with Crippen molar-refractivity contribution < 1.29 is 4.79 Å². The van der Waals surface area contributed by atoms with Gasteiger partial charge >= 0.3 is 0 Å². The molecule has 2 heterocycles. The summed E-state index contributed by atoms with van der Waals surface area (Å²) in [4.78, 5) is 20.6. The van der Waals surface area contributed by atoms with Crippen LogP contribution < -0.4 is 10.6 Å². The topological polar surface area (TPSA) is 56.7 Å². The zero-order valence-electron chi connectivity index (χ0n) is 16.5. The number of aliphatic imine (C=N–C) groups is 1. The van der Waals surface area contributed by atoms with Crippen LogP contribution in [0.25, 0.3) is 0 Å². The Morgan fingerprint density at radius 1 is 1.33 bits per heavy atom. The third-order valence-corrected chi connectivity index (χ3v) is 6.48. The van der Waals surface area contributed by atoms with Gasteiger partial charge < -0.3 is 15.5 Å². The molecular weight excluding hydrogens is 471 g/mol. The second-order valence-corrected chi connectivity index (χ2v) is 8.55. The third-order valence-electron chi connectivity index (χ3n) is 5.46. The Balaban J connectivity index is 0.00000261. The zero-order valence-corrected chi connectivity index (χ0v) is 19.6. The minimum atomic E-state index is 0. The largest absolute Gasteiger partial charge is 0.357 e. The van der Waals surface area contributed by atoms with Crippen molar-refractivity contribution in [3.05, 3.63) is 21.9 Å². The molecule has 1 aromatic heterocycles. The maximum Gasteiger partial charge on any atom is 0.224 e.